The largest absolute Gasteiger partial charge is 0.352 e. The summed E-state index contributed by atoms with van der Waals surface area (Å²) >= 11 is 1.69. The normalized spacial score (nSPS) is 11.6. The van der Waals surface area contributed by atoms with Gasteiger partial charge in [-0.15, -0.1) is 11.3 Å². The highest BCUT2D eigenvalue weighted by molar-refractivity contribution is 7.14. The molecule has 0 bridgehead atoms. The van der Waals surface area contributed by atoms with Gasteiger partial charge in [-0.25, -0.2) is 4.98 Å². The molecule has 0 saturated carbocycles. The molecule has 3 aromatic rings. The lowest BCUT2D eigenvalue weighted by molar-refractivity contribution is 0.0949. The first-order chi connectivity index (χ1) is 17.1. The first-order valence-electron chi connectivity index (χ1n) is 13.0. The van der Waals surface area contributed by atoms with Gasteiger partial charge in [-0.1, -0.05) is 55.8 Å². The van der Waals surface area contributed by atoms with Gasteiger partial charge < -0.3 is 10.2 Å². The second kappa shape index (κ2) is 13.0. The Morgan fingerprint density at radius 1 is 0.917 bits per heavy atom. The van der Waals surface area contributed by atoms with E-state index in [9.17, 15) is 4.79 Å². The van der Waals surface area contributed by atoms with Crippen molar-refractivity contribution in [3.05, 3.63) is 70.6 Å². The summed E-state index contributed by atoms with van der Waals surface area (Å²) in [5.74, 6) is 0.417. The first kappa shape index (κ1) is 27.9. The summed E-state index contributed by atoms with van der Waals surface area (Å²) in [5, 5.41) is 6.17. The highest BCUT2D eigenvalue weighted by atomic mass is 32.1. The molecule has 2 aromatic carbocycles. The third kappa shape index (κ3) is 7.90. The van der Waals surface area contributed by atoms with Gasteiger partial charge in [0, 0.05) is 54.8 Å². The van der Waals surface area contributed by atoms with Crippen molar-refractivity contribution in [3.63, 3.8) is 0 Å². The van der Waals surface area contributed by atoms with Crippen LogP contribution in [0.15, 0.2) is 53.9 Å². The summed E-state index contributed by atoms with van der Waals surface area (Å²) in [7, 11) is 0. The van der Waals surface area contributed by atoms with Crippen molar-refractivity contribution in [3.8, 4) is 11.3 Å². The number of hydrogen-bond acceptors (Lipinski definition) is 5. The number of carbonyl (C=O) groups is 1. The average molecular weight is 507 g/mol. The molecule has 0 fully saturated rings. The van der Waals surface area contributed by atoms with Crippen molar-refractivity contribution in [2.75, 3.05) is 24.5 Å². The topological polar surface area (TPSA) is 48.5 Å². The predicted molar refractivity (Wildman–Crippen MR) is 154 cm³/mol. The van der Waals surface area contributed by atoms with E-state index in [1.54, 1.807) is 11.3 Å². The Bertz CT molecular complexity index is 1080. The smallest absolute Gasteiger partial charge is 0.251 e. The summed E-state index contributed by atoms with van der Waals surface area (Å²) in [6.07, 6.45) is 0. The van der Waals surface area contributed by atoms with E-state index in [4.69, 9.17) is 4.98 Å². The molecule has 1 aromatic heterocycles. The fourth-order valence-corrected chi connectivity index (χ4v) is 5.10. The summed E-state index contributed by atoms with van der Waals surface area (Å²) in [6, 6.07) is 17.5. The van der Waals surface area contributed by atoms with E-state index < -0.39 is 0 Å². The number of nitrogens with one attached hydrogen (secondary N) is 1. The van der Waals surface area contributed by atoms with Crippen molar-refractivity contribution < 1.29 is 4.79 Å². The zero-order valence-corrected chi connectivity index (χ0v) is 23.7. The van der Waals surface area contributed by atoms with E-state index in [0.717, 1.165) is 36.0 Å². The Kier molecular flexibility index (Phi) is 10.1. The van der Waals surface area contributed by atoms with E-state index >= 15 is 0 Å². The Balaban J connectivity index is 1.79. The quantitative estimate of drug-likeness (QED) is 0.299. The number of rotatable bonds is 12. The molecule has 1 heterocycles. The number of amides is 1. The Hall–Kier alpha value is -2.70. The fourth-order valence-electron chi connectivity index (χ4n) is 4.24. The molecule has 3 rings (SSSR count). The van der Waals surface area contributed by atoms with E-state index in [-0.39, 0.29) is 5.91 Å². The fraction of sp³-hybridized carbons (Fsp3) is 0.467. The average Bonchev–Trinajstić information content (AvgIpc) is 3.32. The Morgan fingerprint density at radius 2 is 1.56 bits per heavy atom. The number of hydrogen-bond donors (Lipinski definition) is 1. The van der Waals surface area contributed by atoms with Crippen LogP contribution in [0.4, 0.5) is 5.13 Å². The monoisotopic (exact) mass is 506 g/mol. The van der Waals surface area contributed by atoms with Crippen molar-refractivity contribution in [1.82, 2.24) is 15.2 Å². The van der Waals surface area contributed by atoms with Gasteiger partial charge in [0.05, 0.1) is 5.69 Å². The van der Waals surface area contributed by atoms with Crippen molar-refractivity contribution in [2.24, 2.45) is 5.92 Å². The lowest BCUT2D eigenvalue weighted by atomic mass is 10.1. The van der Waals surface area contributed by atoms with Gasteiger partial charge in [-0.2, -0.15) is 0 Å². The molecule has 0 spiro atoms. The molecule has 0 aliphatic heterocycles. The molecule has 0 saturated heterocycles. The molecule has 194 valence electrons. The van der Waals surface area contributed by atoms with Gasteiger partial charge in [-0.05, 0) is 58.2 Å². The number of aryl methyl sites for hydroxylation is 1. The van der Waals surface area contributed by atoms with Crippen LogP contribution in [0.1, 0.15) is 63.0 Å². The van der Waals surface area contributed by atoms with E-state index in [2.05, 4.69) is 105 Å². The number of anilines is 1. The maximum atomic E-state index is 12.4. The van der Waals surface area contributed by atoms with Gasteiger partial charge in [0.25, 0.3) is 5.91 Å². The molecule has 0 radical (unpaired) electrons. The molecule has 0 aliphatic carbocycles. The zero-order chi connectivity index (χ0) is 26.2. The highest BCUT2D eigenvalue weighted by Gasteiger charge is 2.18. The summed E-state index contributed by atoms with van der Waals surface area (Å²) in [6.45, 7) is 18.6. The van der Waals surface area contributed by atoms with E-state index in [1.165, 1.54) is 11.1 Å². The van der Waals surface area contributed by atoms with Crippen molar-refractivity contribution in [1.29, 1.82) is 0 Å². The van der Waals surface area contributed by atoms with Crippen molar-refractivity contribution >= 4 is 22.4 Å². The summed E-state index contributed by atoms with van der Waals surface area (Å²) < 4.78 is 0. The molecule has 1 amide bonds. The lowest BCUT2D eigenvalue weighted by Crippen LogP contribution is -2.42. The van der Waals surface area contributed by atoms with Gasteiger partial charge in [0.2, 0.25) is 0 Å². The van der Waals surface area contributed by atoms with Crippen LogP contribution in [0.2, 0.25) is 0 Å². The van der Waals surface area contributed by atoms with Crippen LogP contribution >= 0.6 is 11.3 Å². The third-order valence-electron chi connectivity index (χ3n) is 6.33. The lowest BCUT2D eigenvalue weighted by Gasteiger charge is -2.33. The van der Waals surface area contributed by atoms with Crippen molar-refractivity contribution in [2.45, 2.75) is 67.1 Å². The molecule has 6 heteroatoms. The van der Waals surface area contributed by atoms with E-state index in [0.29, 0.717) is 30.1 Å². The van der Waals surface area contributed by atoms with Crippen LogP contribution in [0.5, 0.6) is 0 Å². The Morgan fingerprint density at radius 3 is 2.14 bits per heavy atom. The number of nitrogens with zero attached hydrogens (tertiary/aromatic N) is 3. The number of benzene rings is 2. The second-order valence-electron chi connectivity index (χ2n) is 10.5. The maximum absolute atomic E-state index is 12.4. The predicted octanol–water partition coefficient (Wildman–Crippen LogP) is 6.63. The first-order valence-corrected chi connectivity index (χ1v) is 13.9. The molecule has 5 nitrogen and oxygen atoms in total. The van der Waals surface area contributed by atoms with Gasteiger partial charge in [0.15, 0.2) is 5.13 Å². The number of carbonyl (C=O) groups excluding carboxylic acids is 1. The molecule has 0 aliphatic rings. The standard InChI is InChI=1S/C30H42N4OS/c1-21(2)18-31-29(35)27-14-10-25(11-15-27)19-33(16-17-34(22(3)4)23(5)6)30-32-28(20-36-30)26-12-8-24(7)9-13-26/h8-15,20-23H,16-19H2,1-7H3,(H,31,35). The molecule has 0 unspecified atom stereocenters. The van der Waals surface area contributed by atoms with Gasteiger partial charge >= 0.3 is 0 Å². The molecule has 1 N–H and O–H groups in total. The van der Waals surface area contributed by atoms with Gasteiger partial charge in [-0.3, -0.25) is 9.69 Å². The minimum Gasteiger partial charge on any atom is -0.352 e. The van der Waals surface area contributed by atoms with Crippen LogP contribution in [0.3, 0.4) is 0 Å². The van der Waals surface area contributed by atoms with Crippen LogP contribution in [0.25, 0.3) is 11.3 Å². The van der Waals surface area contributed by atoms with Crippen LogP contribution in [-0.2, 0) is 6.54 Å². The minimum absolute atomic E-state index is 0.0146. The summed E-state index contributed by atoms with van der Waals surface area (Å²) in [4.78, 5) is 22.3. The van der Waals surface area contributed by atoms with Crippen LogP contribution < -0.4 is 10.2 Å². The Labute approximate surface area is 221 Å². The molecule has 36 heavy (non-hydrogen) atoms. The zero-order valence-electron chi connectivity index (χ0n) is 22.9. The summed E-state index contributed by atoms with van der Waals surface area (Å²) in [5.41, 5.74) is 5.28. The number of aromatic nitrogens is 1. The van der Waals surface area contributed by atoms with Gasteiger partial charge in [0.1, 0.15) is 0 Å². The van der Waals surface area contributed by atoms with Crippen LogP contribution in [-0.4, -0.2) is 47.5 Å². The van der Waals surface area contributed by atoms with Crippen LogP contribution in [0, 0.1) is 12.8 Å². The minimum atomic E-state index is -0.0146. The maximum Gasteiger partial charge on any atom is 0.251 e. The highest BCUT2D eigenvalue weighted by Crippen LogP contribution is 2.29. The molecular weight excluding hydrogens is 464 g/mol. The number of thiazole rings is 1. The molecule has 0 atom stereocenters. The SMILES string of the molecule is Cc1ccc(-c2csc(N(CCN(C(C)C)C(C)C)Cc3ccc(C(=O)NCC(C)C)cc3)n2)cc1. The second-order valence-corrected chi connectivity index (χ2v) is 11.4. The van der Waals surface area contributed by atoms with E-state index in [1.807, 2.05) is 12.1 Å². The third-order valence-corrected chi connectivity index (χ3v) is 7.23. The molecular formula is C30H42N4OS.